The van der Waals surface area contributed by atoms with Crippen LogP contribution in [0.3, 0.4) is 0 Å². The van der Waals surface area contributed by atoms with Crippen molar-refractivity contribution < 1.29 is 14.4 Å². The molecule has 0 saturated heterocycles. The molecule has 2 aromatic rings. The minimum atomic E-state index is -0.445. The molecule has 0 unspecified atom stereocenters. The fourth-order valence-electron chi connectivity index (χ4n) is 2.05. The molecule has 8 heteroatoms. The lowest BCUT2D eigenvalue weighted by molar-refractivity contribution is -0.384. The molecule has 2 rings (SSSR count). The molecule has 26 heavy (non-hydrogen) atoms. The van der Waals surface area contributed by atoms with Gasteiger partial charge in [-0.2, -0.15) is 5.10 Å². The summed E-state index contributed by atoms with van der Waals surface area (Å²) in [5, 5.41) is 14.8. The largest absolute Gasteiger partial charge is 0.493 e. The molecule has 0 saturated carbocycles. The Bertz CT molecular complexity index is 794. The highest BCUT2D eigenvalue weighted by molar-refractivity contribution is 9.10. The number of non-ortho nitro benzene ring substituents is 1. The number of nitrogens with one attached hydrogen (secondary N) is 1. The molecule has 7 nitrogen and oxygen atoms in total. The second kappa shape index (κ2) is 9.19. The maximum Gasteiger partial charge on any atom is 0.269 e. The Labute approximate surface area is 160 Å². The number of ether oxygens (including phenoxy) is 2. The summed E-state index contributed by atoms with van der Waals surface area (Å²) in [5.41, 5.74) is 4.32. The van der Waals surface area contributed by atoms with Crippen molar-refractivity contribution in [3.8, 4) is 11.5 Å². The van der Waals surface area contributed by atoms with Gasteiger partial charge in [0.15, 0.2) is 11.5 Å². The molecule has 0 aliphatic rings. The van der Waals surface area contributed by atoms with Gasteiger partial charge in [-0.3, -0.25) is 15.5 Å². The maximum absolute atomic E-state index is 10.6. The molecular formula is C18H20BrN3O4. The third-order valence-corrected chi connectivity index (χ3v) is 4.22. The van der Waals surface area contributed by atoms with E-state index in [4.69, 9.17) is 9.47 Å². The summed E-state index contributed by atoms with van der Waals surface area (Å²) < 4.78 is 12.1. The van der Waals surface area contributed by atoms with Gasteiger partial charge >= 0.3 is 0 Å². The van der Waals surface area contributed by atoms with Gasteiger partial charge in [0.05, 0.1) is 34.5 Å². The number of halogens is 1. The van der Waals surface area contributed by atoms with E-state index in [0.29, 0.717) is 17.2 Å². The Morgan fingerprint density at radius 2 is 2.04 bits per heavy atom. The summed E-state index contributed by atoms with van der Waals surface area (Å²) in [4.78, 5) is 10.2. The monoisotopic (exact) mass is 421 g/mol. The summed E-state index contributed by atoms with van der Waals surface area (Å²) in [6.45, 7) is 4.05. The molecule has 2 aromatic carbocycles. The first-order valence-corrected chi connectivity index (χ1v) is 8.81. The van der Waals surface area contributed by atoms with Gasteiger partial charge in [-0.05, 0) is 59.1 Å². The third-order valence-electron chi connectivity index (χ3n) is 3.63. The van der Waals surface area contributed by atoms with E-state index in [9.17, 15) is 10.1 Å². The lowest BCUT2D eigenvalue weighted by atomic mass is 10.2. The highest BCUT2D eigenvalue weighted by Crippen LogP contribution is 2.37. The van der Waals surface area contributed by atoms with Crippen molar-refractivity contribution in [2.24, 2.45) is 5.10 Å². The number of hydrogen-bond donors (Lipinski definition) is 1. The van der Waals surface area contributed by atoms with Gasteiger partial charge in [0, 0.05) is 12.1 Å². The Balaban J connectivity index is 2.12. The number of nitro benzene ring substituents is 1. The number of hydrazone groups is 1. The van der Waals surface area contributed by atoms with Crippen LogP contribution in [0.5, 0.6) is 11.5 Å². The first-order valence-electron chi connectivity index (χ1n) is 8.02. The molecule has 0 heterocycles. The van der Waals surface area contributed by atoms with Gasteiger partial charge < -0.3 is 9.47 Å². The maximum atomic E-state index is 10.6. The first kappa shape index (κ1) is 19.7. The predicted octanol–water partition coefficient (Wildman–Crippen LogP) is 4.99. The minimum Gasteiger partial charge on any atom is -0.493 e. The van der Waals surface area contributed by atoms with Crippen molar-refractivity contribution in [3.63, 3.8) is 0 Å². The van der Waals surface area contributed by atoms with Crippen LogP contribution >= 0.6 is 15.9 Å². The van der Waals surface area contributed by atoms with Crippen LogP contribution in [-0.2, 0) is 0 Å². The summed E-state index contributed by atoms with van der Waals surface area (Å²) >= 11 is 3.50. The van der Waals surface area contributed by atoms with Crippen molar-refractivity contribution in [2.45, 2.75) is 26.4 Å². The zero-order chi connectivity index (χ0) is 19.1. The van der Waals surface area contributed by atoms with E-state index in [1.165, 1.54) is 12.1 Å². The highest BCUT2D eigenvalue weighted by Gasteiger charge is 2.13. The molecule has 1 N–H and O–H groups in total. The highest BCUT2D eigenvalue weighted by atomic mass is 79.9. The van der Waals surface area contributed by atoms with Crippen molar-refractivity contribution >= 4 is 33.5 Å². The van der Waals surface area contributed by atoms with Gasteiger partial charge in [-0.15, -0.1) is 0 Å². The average Bonchev–Trinajstić information content (AvgIpc) is 2.63. The van der Waals surface area contributed by atoms with E-state index in [1.807, 2.05) is 19.1 Å². The summed E-state index contributed by atoms with van der Waals surface area (Å²) in [5.74, 6) is 1.26. The number of rotatable bonds is 8. The van der Waals surface area contributed by atoms with Crippen LogP contribution in [0.15, 0.2) is 46.0 Å². The van der Waals surface area contributed by atoms with Crippen molar-refractivity contribution in [3.05, 3.63) is 56.5 Å². The zero-order valence-corrected chi connectivity index (χ0v) is 16.3. The van der Waals surface area contributed by atoms with Crippen LogP contribution in [0, 0.1) is 10.1 Å². The number of nitrogens with zero attached hydrogens (tertiary/aromatic N) is 2. The Kier molecular flexibility index (Phi) is 6.97. The second-order valence-electron chi connectivity index (χ2n) is 5.54. The van der Waals surface area contributed by atoms with Crippen LogP contribution in [0.2, 0.25) is 0 Å². The van der Waals surface area contributed by atoms with E-state index < -0.39 is 4.92 Å². The number of benzene rings is 2. The lowest BCUT2D eigenvalue weighted by Gasteiger charge is -2.17. The number of hydrogen-bond acceptors (Lipinski definition) is 6. The molecular weight excluding hydrogens is 402 g/mol. The van der Waals surface area contributed by atoms with Gasteiger partial charge in [0.25, 0.3) is 5.69 Å². The third kappa shape index (κ3) is 5.19. The number of methoxy groups -OCH3 is 1. The molecule has 1 atom stereocenters. The molecule has 0 fully saturated rings. The van der Waals surface area contributed by atoms with Crippen molar-refractivity contribution in [1.82, 2.24) is 0 Å². The Morgan fingerprint density at radius 3 is 2.62 bits per heavy atom. The SMILES string of the molecule is CC[C@H](C)Oc1c(Br)cc(/C=N/Nc2ccc([N+](=O)[O-])cc2)cc1OC. The van der Waals surface area contributed by atoms with Crippen LogP contribution in [0.25, 0.3) is 0 Å². The molecule has 0 amide bonds. The fraction of sp³-hybridized carbons (Fsp3) is 0.278. The average molecular weight is 422 g/mol. The quantitative estimate of drug-likeness (QED) is 0.368. The van der Waals surface area contributed by atoms with E-state index in [2.05, 4.69) is 33.4 Å². The van der Waals surface area contributed by atoms with Gasteiger partial charge in [0.1, 0.15) is 0 Å². The van der Waals surface area contributed by atoms with Crippen LogP contribution in [0.4, 0.5) is 11.4 Å². The van der Waals surface area contributed by atoms with E-state index in [-0.39, 0.29) is 11.8 Å². The summed E-state index contributed by atoms with van der Waals surface area (Å²) in [6, 6.07) is 9.71. The summed E-state index contributed by atoms with van der Waals surface area (Å²) in [7, 11) is 1.58. The van der Waals surface area contributed by atoms with Crippen molar-refractivity contribution in [2.75, 3.05) is 12.5 Å². The predicted molar refractivity (Wildman–Crippen MR) is 105 cm³/mol. The number of anilines is 1. The smallest absolute Gasteiger partial charge is 0.269 e. The van der Waals surface area contributed by atoms with E-state index >= 15 is 0 Å². The molecule has 0 radical (unpaired) electrons. The normalized spacial score (nSPS) is 12.0. The molecule has 0 aliphatic heterocycles. The summed E-state index contributed by atoms with van der Waals surface area (Å²) in [6.07, 6.45) is 2.59. The number of nitro groups is 1. The van der Waals surface area contributed by atoms with E-state index in [1.54, 1.807) is 25.5 Å². The van der Waals surface area contributed by atoms with Gasteiger partial charge in [0.2, 0.25) is 0 Å². The molecule has 0 bridgehead atoms. The topological polar surface area (TPSA) is 86.0 Å². The Hall–Kier alpha value is -2.61. The fourth-order valence-corrected chi connectivity index (χ4v) is 2.61. The zero-order valence-electron chi connectivity index (χ0n) is 14.7. The van der Waals surface area contributed by atoms with E-state index in [0.717, 1.165) is 16.5 Å². The molecule has 0 spiro atoms. The van der Waals surface area contributed by atoms with Gasteiger partial charge in [-0.1, -0.05) is 6.92 Å². The minimum absolute atomic E-state index is 0.0325. The Morgan fingerprint density at radius 1 is 1.35 bits per heavy atom. The van der Waals surface area contributed by atoms with Crippen molar-refractivity contribution in [1.29, 1.82) is 0 Å². The van der Waals surface area contributed by atoms with Crippen LogP contribution in [-0.4, -0.2) is 24.4 Å². The van der Waals surface area contributed by atoms with Crippen LogP contribution < -0.4 is 14.9 Å². The molecule has 0 aromatic heterocycles. The first-order chi connectivity index (χ1) is 12.4. The molecule has 138 valence electrons. The molecule has 0 aliphatic carbocycles. The second-order valence-corrected chi connectivity index (χ2v) is 6.40. The van der Waals surface area contributed by atoms with Crippen LogP contribution in [0.1, 0.15) is 25.8 Å². The standard InChI is InChI=1S/C18H20BrN3O4/c1-4-12(2)26-18-16(19)9-13(10-17(18)25-3)11-20-21-14-5-7-15(8-6-14)22(23)24/h5-12,21H,4H2,1-3H3/b20-11+/t12-/m0/s1. The van der Waals surface area contributed by atoms with Gasteiger partial charge in [-0.25, -0.2) is 0 Å². The lowest BCUT2D eigenvalue weighted by Crippen LogP contribution is -2.11.